The van der Waals surface area contributed by atoms with E-state index in [1.54, 1.807) is 44.5 Å². The van der Waals surface area contributed by atoms with E-state index in [0.717, 1.165) is 23.7 Å². The second kappa shape index (κ2) is 19.5. The highest BCUT2D eigenvalue weighted by Crippen LogP contribution is 2.63. The van der Waals surface area contributed by atoms with E-state index in [2.05, 4.69) is 115 Å². The molecule has 4 unspecified atom stereocenters. The van der Waals surface area contributed by atoms with Crippen molar-refractivity contribution in [2.24, 2.45) is 23.7 Å². The molecule has 0 spiro atoms. The van der Waals surface area contributed by atoms with Crippen molar-refractivity contribution in [3.05, 3.63) is 81.5 Å². The van der Waals surface area contributed by atoms with Crippen LogP contribution in [0.15, 0.2) is 59.3 Å². The molecule has 2 heteroatoms. The van der Waals surface area contributed by atoms with Crippen molar-refractivity contribution in [2.75, 3.05) is 0 Å². The molecule has 0 aliphatic heterocycles. The zero-order valence-corrected chi connectivity index (χ0v) is 39.7. The van der Waals surface area contributed by atoms with Crippen molar-refractivity contribution < 1.29 is 0 Å². The van der Waals surface area contributed by atoms with E-state index in [1.165, 1.54) is 149 Å². The lowest BCUT2D eigenvalue weighted by atomic mass is 9.63. The molecule has 0 fully saturated rings. The third-order valence-electron chi connectivity index (χ3n) is 15.7. The molecule has 7 rings (SSSR count). The highest BCUT2D eigenvalue weighted by molar-refractivity contribution is 7.17. The lowest BCUT2D eigenvalue weighted by Crippen LogP contribution is -2.32. The SMILES string of the molecule is CCCCC(CC)CC1(CC(CC)CCCC)c2cc3c(cc2-c2cc4sccc4cc21)C(CC(CC)CCCC)(CC(CC)CCCC)c1cc2ccsc2cc1-3. The Kier molecular flexibility index (Phi) is 14.7. The van der Waals surface area contributed by atoms with Crippen LogP contribution >= 0.6 is 22.7 Å². The van der Waals surface area contributed by atoms with E-state index in [9.17, 15) is 0 Å². The Morgan fingerprint density at radius 2 is 0.690 bits per heavy atom. The minimum absolute atomic E-state index is 0.0390. The van der Waals surface area contributed by atoms with Crippen molar-refractivity contribution in [1.29, 1.82) is 0 Å². The maximum atomic E-state index is 2.87. The summed E-state index contributed by atoms with van der Waals surface area (Å²) in [7, 11) is 0. The van der Waals surface area contributed by atoms with Crippen LogP contribution in [-0.2, 0) is 10.8 Å². The van der Waals surface area contributed by atoms with E-state index >= 15 is 0 Å². The molecule has 2 heterocycles. The fourth-order valence-electron chi connectivity index (χ4n) is 12.2. The average molecular weight is 815 g/mol. The maximum Gasteiger partial charge on any atom is 0.0349 e. The van der Waals surface area contributed by atoms with Crippen molar-refractivity contribution in [3.8, 4) is 22.3 Å². The van der Waals surface area contributed by atoms with E-state index in [-0.39, 0.29) is 10.8 Å². The molecule has 0 bridgehead atoms. The first-order valence-electron chi connectivity index (χ1n) is 24.6. The maximum absolute atomic E-state index is 2.87. The fourth-order valence-corrected chi connectivity index (χ4v) is 13.8. The number of fused-ring (bicyclic) bond motifs is 8. The first-order valence-corrected chi connectivity index (χ1v) is 26.3. The van der Waals surface area contributed by atoms with Crippen LogP contribution in [0, 0.1) is 23.7 Å². The number of benzene rings is 3. The minimum atomic E-state index is 0.0390. The molecule has 0 saturated heterocycles. The van der Waals surface area contributed by atoms with Crippen LogP contribution in [-0.4, -0.2) is 0 Å². The van der Waals surface area contributed by atoms with Gasteiger partial charge in [0.05, 0.1) is 0 Å². The second-order valence-corrected chi connectivity index (χ2v) is 21.2. The summed E-state index contributed by atoms with van der Waals surface area (Å²) in [5.41, 5.74) is 13.1. The summed E-state index contributed by atoms with van der Waals surface area (Å²) in [6, 6.07) is 21.3. The Balaban J connectivity index is 1.54. The van der Waals surface area contributed by atoms with Gasteiger partial charge in [-0.25, -0.2) is 0 Å². The summed E-state index contributed by atoms with van der Waals surface area (Å²) in [6.45, 7) is 19.5. The first-order chi connectivity index (χ1) is 28.3. The third kappa shape index (κ3) is 8.30. The number of thiophene rings is 2. The van der Waals surface area contributed by atoms with Gasteiger partial charge in [0.1, 0.15) is 0 Å². The molecule has 2 aliphatic rings. The van der Waals surface area contributed by atoms with Crippen molar-refractivity contribution in [3.63, 3.8) is 0 Å². The first kappa shape index (κ1) is 43.7. The molecule has 0 N–H and O–H groups in total. The topological polar surface area (TPSA) is 0 Å². The Morgan fingerprint density at radius 3 is 0.983 bits per heavy atom. The predicted octanol–water partition coefficient (Wildman–Crippen LogP) is 19.1. The minimum Gasteiger partial charge on any atom is -0.144 e. The predicted molar refractivity (Wildman–Crippen MR) is 261 cm³/mol. The smallest absolute Gasteiger partial charge is 0.0349 e. The molecule has 2 aromatic heterocycles. The quantitative estimate of drug-likeness (QED) is 0.0582. The van der Waals surface area contributed by atoms with Gasteiger partial charge in [-0.2, -0.15) is 0 Å². The van der Waals surface area contributed by atoms with Gasteiger partial charge in [-0.15, -0.1) is 22.7 Å². The molecule has 0 nitrogen and oxygen atoms in total. The van der Waals surface area contributed by atoms with Crippen molar-refractivity contribution in [2.45, 2.75) is 195 Å². The lowest BCUT2D eigenvalue weighted by molar-refractivity contribution is 0.264. The van der Waals surface area contributed by atoms with Gasteiger partial charge < -0.3 is 0 Å². The zero-order valence-electron chi connectivity index (χ0n) is 38.0. The van der Waals surface area contributed by atoms with Gasteiger partial charge in [0.25, 0.3) is 0 Å². The highest BCUT2D eigenvalue weighted by Gasteiger charge is 2.50. The van der Waals surface area contributed by atoms with Crippen LogP contribution in [0.5, 0.6) is 0 Å². The molecule has 58 heavy (non-hydrogen) atoms. The molecule has 4 atom stereocenters. The standard InChI is InChI=1S/C56H78S2/c1-9-17-21-39(13-5)35-55(36-40(14-6)22-18-10-2)49-29-43-25-27-57-53(43)33-47(49)45-32-52-46(31-51(45)55)48-34-54-44(26-28-58-54)30-50(48)56(52,37-41(15-7)23-19-11-3)38-42(16-8)24-20-12-4/h25-34,39-42H,9-24,35-38H2,1-8H3. The van der Waals surface area contributed by atoms with Crippen LogP contribution in [0.1, 0.15) is 206 Å². The molecule has 5 aromatic rings. The van der Waals surface area contributed by atoms with E-state index in [1.807, 2.05) is 22.7 Å². The van der Waals surface area contributed by atoms with Crippen molar-refractivity contribution in [1.82, 2.24) is 0 Å². The summed E-state index contributed by atoms with van der Waals surface area (Å²) in [5.74, 6) is 2.94. The van der Waals surface area contributed by atoms with Crippen LogP contribution in [0.25, 0.3) is 42.4 Å². The second-order valence-electron chi connectivity index (χ2n) is 19.3. The third-order valence-corrected chi connectivity index (χ3v) is 17.5. The number of rotatable bonds is 24. The van der Waals surface area contributed by atoms with Crippen LogP contribution in [0.2, 0.25) is 0 Å². The zero-order chi connectivity index (χ0) is 40.9. The monoisotopic (exact) mass is 815 g/mol. The Morgan fingerprint density at radius 1 is 0.397 bits per heavy atom. The van der Waals surface area contributed by atoms with Crippen LogP contribution in [0.3, 0.4) is 0 Å². The number of hydrogen-bond acceptors (Lipinski definition) is 2. The average Bonchev–Trinajstić information content (AvgIpc) is 4.02. The molecule has 0 radical (unpaired) electrons. The Bertz CT molecular complexity index is 1900. The molecule has 314 valence electrons. The molecule has 0 amide bonds. The molecular formula is C56H78S2. The van der Waals surface area contributed by atoms with Gasteiger partial charge in [-0.1, -0.05) is 158 Å². The molecular weight excluding hydrogens is 737 g/mol. The highest BCUT2D eigenvalue weighted by atomic mass is 32.1. The number of hydrogen-bond donors (Lipinski definition) is 0. The van der Waals surface area contributed by atoms with Gasteiger partial charge in [0, 0.05) is 20.2 Å². The Hall–Kier alpha value is -2.42. The number of unbranched alkanes of at least 4 members (excludes halogenated alkanes) is 4. The Labute approximate surface area is 363 Å². The van der Waals surface area contributed by atoms with Gasteiger partial charge >= 0.3 is 0 Å². The van der Waals surface area contributed by atoms with E-state index < -0.39 is 0 Å². The van der Waals surface area contributed by atoms with Crippen LogP contribution in [0.4, 0.5) is 0 Å². The molecule has 2 aliphatic carbocycles. The molecule has 3 aromatic carbocycles. The van der Waals surface area contributed by atoms with Crippen LogP contribution < -0.4 is 0 Å². The van der Waals surface area contributed by atoms with Gasteiger partial charge in [-0.05, 0) is 164 Å². The summed E-state index contributed by atoms with van der Waals surface area (Å²) in [6.07, 6.45) is 26.2. The van der Waals surface area contributed by atoms with Gasteiger partial charge in [-0.3, -0.25) is 0 Å². The van der Waals surface area contributed by atoms with Crippen molar-refractivity contribution >= 4 is 42.8 Å². The largest absolute Gasteiger partial charge is 0.144 e. The lowest BCUT2D eigenvalue weighted by Gasteiger charge is -2.40. The van der Waals surface area contributed by atoms with E-state index in [0.29, 0.717) is 0 Å². The van der Waals surface area contributed by atoms with Gasteiger partial charge in [0.2, 0.25) is 0 Å². The summed E-state index contributed by atoms with van der Waals surface area (Å²) in [5, 5.41) is 7.60. The normalized spacial score (nSPS) is 20.3. The summed E-state index contributed by atoms with van der Waals surface area (Å²) >= 11 is 3.89. The summed E-state index contributed by atoms with van der Waals surface area (Å²) in [4.78, 5) is 0. The van der Waals surface area contributed by atoms with Gasteiger partial charge in [0.15, 0.2) is 0 Å². The summed E-state index contributed by atoms with van der Waals surface area (Å²) < 4.78 is 2.92. The van der Waals surface area contributed by atoms with E-state index in [4.69, 9.17) is 0 Å². The molecule has 0 saturated carbocycles. The fraction of sp³-hybridized carbons (Fsp3) is 0.607.